The molecule has 0 aromatic heterocycles. The molecule has 0 aliphatic heterocycles. The SMILES string of the molecule is CCC=CCC=CCC=CCCCCCCCC(=O)OC(C(=O)CCCCCCCC=CCC=CCC=CCC)C(O)CO. The van der Waals surface area contributed by atoms with E-state index >= 15 is 0 Å². The monoisotopic (exact) mass is 612 g/mol. The van der Waals surface area contributed by atoms with Gasteiger partial charge in [0, 0.05) is 12.8 Å². The Morgan fingerprint density at radius 3 is 1.39 bits per heavy atom. The Balaban J connectivity index is 3.95. The van der Waals surface area contributed by atoms with Crippen molar-refractivity contribution in [3.63, 3.8) is 0 Å². The summed E-state index contributed by atoms with van der Waals surface area (Å²) < 4.78 is 5.33. The molecule has 5 nitrogen and oxygen atoms in total. The number of ether oxygens (including phenoxy) is 1. The predicted molar refractivity (Wildman–Crippen MR) is 187 cm³/mol. The highest BCUT2D eigenvalue weighted by Gasteiger charge is 2.29. The number of allylic oxidation sites excluding steroid dienone is 12. The summed E-state index contributed by atoms with van der Waals surface area (Å²) in [5.74, 6) is -0.785. The number of aliphatic hydroxyl groups excluding tert-OH is 2. The lowest BCUT2D eigenvalue weighted by molar-refractivity contribution is -0.163. The van der Waals surface area contributed by atoms with Crippen LogP contribution in [0.15, 0.2) is 72.9 Å². The first-order valence-corrected chi connectivity index (χ1v) is 17.5. The number of hydrogen-bond acceptors (Lipinski definition) is 5. The Kier molecular flexibility index (Phi) is 31.5. The van der Waals surface area contributed by atoms with E-state index in [1.165, 1.54) is 0 Å². The smallest absolute Gasteiger partial charge is 0.306 e. The Hall–Kier alpha value is -2.50. The van der Waals surface area contributed by atoms with E-state index in [-0.39, 0.29) is 18.6 Å². The highest BCUT2D eigenvalue weighted by Crippen LogP contribution is 2.14. The van der Waals surface area contributed by atoms with Crippen LogP contribution in [0.4, 0.5) is 0 Å². The molecule has 0 rings (SSSR count). The Morgan fingerprint density at radius 2 is 0.932 bits per heavy atom. The second-order valence-corrected chi connectivity index (χ2v) is 11.3. The van der Waals surface area contributed by atoms with Crippen LogP contribution >= 0.6 is 0 Å². The number of unbranched alkanes of at least 4 members (excludes halogenated alkanes) is 10. The van der Waals surface area contributed by atoms with E-state index in [1.807, 2.05) is 0 Å². The standard InChI is InChI=1S/C39H64O5/c1-3-5-7-9-11-13-15-17-19-21-23-25-27-29-31-33-36(41)39(37(42)35-40)44-38(43)34-32-30-28-26-24-22-20-18-16-14-12-10-8-6-4-2/h5-8,11-14,17-20,37,39-40,42H,3-4,9-10,15-16,21-35H2,1-2H3. The lowest BCUT2D eigenvalue weighted by atomic mass is 10.0. The number of rotatable bonds is 30. The van der Waals surface area contributed by atoms with Crippen LogP contribution in [0.25, 0.3) is 0 Å². The minimum atomic E-state index is -1.37. The van der Waals surface area contributed by atoms with Crippen molar-refractivity contribution in [3.05, 3.63) is 72.9 Å². The van der Waals surface area contributed by atoms with Crippen molar-refractivity contribution >= 4 is 11.8 Å². The van der Waals surface area contributed by atoms with Crippen molar-refractivity contribution in [1.82, 2.24) is 0 Å². The molecule has 0 saturated carbocycles. The van der Waals surface area contributed by atoms with E-state index in [1.54, 1.807) is 0 Å². The van der Waals surface area contributed by atoms with E-state index in [4.69, 9.17) is 4.74 Å². The molecule has 2 N–H and O–H groups in total. The van der Waals surface area contributed by atoms with Crippen LogP contribution in [0.1, 0.15) is 142 Å². The van der Waals surface area contributed by atoms with Gasteiger partial charge in [-0.2, -0.15) is 0 Å². The summed E-state index contributed by atoms with van der Waals surface area (Å²) in [5.41, 5.74) is 0. The molecule has 0 aliphatic carbocycles. The summed E-state index contributed by atoms with van der Waals surface area (Å²) in [5, 5.41) is 19.5. The van der Waals surface area contributed by atoms with Crippen LogP contribution in [-0.2, 0) is 14.3 Å². The predicted octanol–water partition coefficient (Wildman–Crippen LogP) is 10.00. The number of Topliss-reactive ketones (excluding diaryl/α,β-unsaturated/α-hetero) is 1. The molecule has 0 aromatic carbocycles. The number of esters is 1. The second-order valence-electron chi connectivity index (χ2n) is 11.3. The van der Waals surface area contributed by atoms with Gasteiger partial charge < -0.3 is 14.9 Å². The second kappa shape index (κ2) is 33.4. The number of aliphatic hydroxyl groups is 2. The highest BCUT2D eigenvalue weighted by atomic mass is 16.6. The topological polar surface area (TPSA) is 83.8 Å². The van der Waals surface area contributed by atoms with Gasteiger partial charge in [-0.15, -0.1) is 0 Å². The van der Waals surface area contributed by atoms with Gasteiger partial charge in [0.25, 0.3) is 0 Å². The van der Waals surface area contributed by atoms with Crippen LogP contribution in [0.3, 0.4) is 0 Å². The average molecular weight is 613 g/mol. The van der Waals surface area contributed by atoms with Crippen molar-refractivity contribution < 1.29 is 24.5 Å². The molecule has 2 atom stereocenters. The molecular weight excluding hydrogens is 548 g/mol. The average Bonchev–Trinajstić information content (AvgIpc) is 3.03. The Labute approximate surface area is 269 Å². The van der Waals surface area contributed by atoms with Gasteiger partial charge in [0.1, 0.15) is 6.10 Å². The van der Waals surface area contributed by atoms with Gasteiger partial charge in [0.05, 0.1) is 6.61 Å². The van der Waals surface area contributed by atoms with E-state index in [9.17, 15) is 19.8 Å². The summed E-state index contributed by atoms with van der Waals surface area (Å²) >= 11 is 0. The zero-order valence-corrected chi connectivity index (χ0v) is 28.1. The van der Waals surface area contributed by atoms with Crippen molar-refractivity contribution in [1.29, 1.82) is 0 Å². The lowest BCUT2D eigenvalue weighted by Gasteiger charge is -2.20. The van der Waals surface area contributed by atoms with Gasteiger partial charge in [-0.1, -0.05) is 125 Å². The lowest BCUT2D eigenvalue weighted by Crippen LogP contribution is -2.40. The quantitative estimate of drug-likeness (QED) is 0.0479. The summed E-state index contributed by atoms with van der Waals surface area (Å²) in [6.07, 6.45) is 42.3. The minimum Gasteiger partial charge on any atom is -0.451 e. The first-order valence-electron chi connectivity index (χ1n) is 17.5. The maximum absolute atomic E-state index is 12.6. The number of ketones is 1. The van der Waals surface area contributed by atoms with E-state index in [0.29, 0.717) is 12.8 Å². The van der Waals surface area contributed by atoms with Crippen LogP contribution < -0.4 is 0 Å². The summed E-state index contributed by atoms with van der Waals surface area (Å²) in [7, 11) is 0. The third-order valence-electron chi connectivity index (χ3n) is 7.22. The van der Waals surface area contributed by atoms with E-state index in [0.717, 1.165) is 103 Å². The van der Waals surface area contributed by atoms with Crippen molar-refractivity contribution in [2.24, 2.45) is 0 Å². The van der Waals surface area contributed by atoms with Gasteiger partial charge in [-0.05, 0) is 77.0 Å². The molecule has 0 heterocycles. The van der Waals surface area contributed by atoms with Gasteiger partial charge >= 0.3 is 5.97 Å². The zero-order valence-electron chi connectivity index (χ0n) is 28.1. The van der Waals surface area contributed by atoms with E-state index in [2.05, 4.69) is 86.8 Å². The van der Waals surface area contributed by atoms with Crippen LogP contribution in [0, 0.1) is 0 Å². The van der Waals surface area contributed by atoms with Gasteiger partial charge in [0.15, 0.2) is 11.9 Å². The van der Waals surface area contributed by atoms with Gasteiger partial charge in [-0.25, -0.2) is 0 Å². The normalized spacial score (nSPS) is 13.9. The maximum Gasteiger partial charge on any atom is 0.306 e. The molecule has 250 valence electrons. The number of carbonyl (C=O) groups is 2. The first kappa shape index (κ1) is 41.5. The largest absolute Gasteiger partial charge is 0.451 e. The van der Waals surface area contributed by atoms with Crippen LogP contribution in [0.5, 0.6) is 0 Å². The summed E-state index contributed by atoms with van der Waals surface area (Å²) in [4.78, 5) is 25.0. The van der Waals surface area contributed by atoms with Gasteiger partial charge in [-0.3, -0.25) is 9.59 Å². The molecule has 0 radical (unpaired) electrons. The fourth-order valence-electron chi connectivity index (χ4n) is 4.60. The molecule has 0 spiro atoms. The fraction of sp³-hybridized carbons (Fsp3) is 0.641. The Bertz CT molecular complexity index is 849. The minimum absolute atomic E-state index is 0.225. The molecule has 5 heteroatoms. The van der Waals surface area contributed by atoms with Gasteiger partial charge in [0.2, 0.25) is 0 Å². The highest BCUT2D eigenvalue weighted by molar-refractivity contribution is 5.86. The first-order chi connectivity index (χ1) is 21.6. The number of hydrogen-bond donors (Lipinski definition) is 2. The van der Waals surface area contributed by atoms with E-state index < -0.39 is 24.8 Å². The van der Waals surface area contributed by atoms with Crippen molar-refractivity contribution in [2.45, 2.75) is 154 Å². The molecule has 0 aromatic rings. The molecule has 2 unspecified atom stereocenters. The third-order valence-corrected chi connectivity index (χ3v) is 7.22. The summed E-state index contributed by atoms with van der Waals surface area (Å²) in [6.45, 7) is 3.67. The molecule has 0 fully saturated rings. The molecular formula is C39H64O5. The molecule has 0 saturated heterocycles. The van der Waals surface area contributed by atoms with Crippen molar-refractivity contribution in [3.8, 4) is 0 Å². The molecule has 0 amide bonds. The fourth-order valence-corrected chi connectivity index (χ4v) is 4.60. The van der Waals surface area contributed by atoms with Crippen LogP contribution in [0.2, 0.25) is 0 Å². The molecule has 0 bridgehead atoms. The maximum atomic E-state index is 12.6. The third kappa shape index (κ3) is 28.3. The van der Waals surface area contributed by atoms with Crippen LogP contribution in [-0.4, -0.2) is 40.8 Å². The van der Waals surface area contributed by atoms with Crippen molar-refractivity contribution in [2.75, 3.05) is 6.61 Å². The molecule has 0 aliphatic rings. The summed E-state index contributed by atoms with van der Waals surface area (Å²) in [6, 6.07) is 0. The zero-order chi connectivity index (χ0) is 32.4. The Morgan fingerprint density at radius 1 is 0.545 bits per heavy atom. The number of carbonyl (C=O) groups excluding carboxylic acids is 2. The molecule has 44 heavy (non-hydrogen) atoms.